The molecule has 1 aromatic carbocycles. The van der Waals surface area contributed by atoms with Gasteiger partial charge >= 0.3 is 0 Å². The zero-order valence-corrected chi connectivity index (χ0v) is 16.8. The predicted molar refractivity (Wildman–Crippen MR) is 109 cm³/mol. The van der Waals surface area contributed by atoms with Crippen LogP contribution in [0.25, 0.3) is 11.1 Å². The summed E-state index contributed by atoms with van der Waals surface area (Å²) in [5.74, 6) is 1.81. The number of hydrogen-bond acceptors (Lipinski definition) is 3. The second-order valence-corrected chi connectivity index (χ2v) is 7.61. The Kier molecular flexibility index (Phi) is 5.13. The number of amides is 1. The van der Waals surface area contributed by atoms with Gasteiger partial charge in [-0.1, -0.05) is 30.9 Å². The minimum Gasteiger partial charge on any atom is -0.478 e. The van der Waals surface area contributed by atoms with E-state index in [4.69, 9.17) is 22.8 Å². The summed E-state index contributed by atoms with van der Waals surface area (Å²) in [7, 11) is 0. The van der Waals surface area contributed by atoms with E-state index < -0.39 is 11.9 Å². The Bertz CT molecular complexity index is 1080. The Morgan fingerprint density at radius 1 is 1.28 bits per heavy atom. The molecule has 2 aliphatic rings. The summed E-state index contributed by atoms with van der Waals surface area (Å²) >= 11 is 6.46. The van der Waals surface area contributed by atoms with Gasteiger partial charge in [0.15, 0.2) is 6.10 Å². The van der Waals surface area contributed by atoms with Crippen molar-refractivity contribution in [3.8, 4) is 29.2 Å². The van der Waals surface area contributed by atoms with E-state index in [0.29, 0.717) is 25.2 Å². The first-order chi connectivity index (χ1) is 14.0. The topological polar surface area (TPSA) is 56.5 Å². The number of aromatic nitrogens is 2. The molecule has 0 bridgehead atoms. The fraction of sp³-hybridized carbons (Fsp3) is 0.429. The third-order valence-corrected chi connectivity index (χ3v) is 5.77. The molecule has 0 fully saturated rings. The number of carbonyl (C=O) groups is 1. The van der Waals surface area contributed by atoms with Gasteiger partial charge in [-0.15, -0.1) is 6.42 Å². The minimum absolute atomic E-state index is 0.0272. The Balaban J connectivity index is 1.88. The fourth-order valence-corrected chi connectivity index (χ4v) is 4.35. The average Bonchev–Trinajstić information content (AvgIpc) is 2.96. The number of fused-ring (bicyclic) bond motifs is 2. The van der Waals surface area contributed by atoms with Crippen LogP contribution in [0.3, 0.4) is 0 Å². The van der Waals surface area contributed by atoms with E-state index in [1.54, 1.807) is 4.68 Å². The number of hydrogen-bond donors (Lipinski definition) is 0. The second kappa shape index (κ2) is 7.60. The Morgan fingerprint density at radius 2 is 2.00 bits per heavy atom. The van der Waals surface area contributed by atoms with Crippen LogP contribution in [0.4, 0.5) is 10.1 Å². The molecule has 0 N–H and O–H groups in total. The molecular formula is C21H21ClFN3O3. The lowest BCUT2D eigenvalue weighted by Gasteiger charge is -2.33. The number of rotatable bonds is 4. The molecule has 0 radical (unpaired) electrons. The molecule has 0 spiro atoms. The van der Waals surface area contributed by atoms with Crippen molar-refractivity contribution in [2.24, 2.45) is 0 Å². The molecule has 0 saturated carbocycles. The second-order valence-electron chi connectivity index (χ2n) is 7.25. The van der Waals surface area contributed by atoms with E-state index >= 15 is 4.39 Å². The van der Waals surface area contributed by atoms with E-state index in [9.17, 15) is 9.59 Å². The molecule has 1 atom stereocenters. The van der Waals surface area contributed by atoms with Crippen molar-refractivity contribution in [1.82, 2.24) is 9.36 Å². The van der Waals surface area contributed by atoms with E-state index in [2.05, 4.69) is 5.92 Å². The van der Waals surface area contributed by atoms with Crippen LogP contribution in [0.5, 0.6) is 5.75 Å². The first kappa shape index (κ1) is 19.6. The number of terminal acetylenes is 1. The Labute approximate surface area is 172 Å². The van der Waals surface area contributed by atoms with Crippen molar-refractivity contribution >= 4 is 23.2 Å². The summed E-state index contributed by atoms with van der Waals surface area (Å²) < 4.78 is 24.0. The number of benzene rings is 1. The molecular weight excluding hydrogens is 397 g/mol. The largest absolute Gasteiger partial charge is 0.478 e. The summed E-state index contributed by atoms with van der Waals surface area (Å²) in [6.07, 6.45) is 7.75. The van der Waals surface area contributed by atoms with Crippen LogP contribution in [-0.2, 0) is 17.9 Å². The van der Waals surface area contributed by atoms with Crippen LogP contribution in [0.2, 0.25) is 5.15 Å². The third kappa shape index (κ3) is 3.12. The van der Waals surface area contributed by atoms with Gasteiger partial charge < -0.3 is 4.74 Å². The van der Waals surface area contributed by atoms with Crippen LogP contribution < -0.4 is 15.2 Å². The highest BCUT2D eigenvalue weighted by Crippen LogP contribution is 2.41. The summed E-state index contributed by atoms with van der Waals surface area (Å²) in [5, 5.41) is 0.198. The molecule has 2 aromatic rings. The van der Waals surface area contributed by atoms with E-state index in [1.165, 1.54) is 21.7 Å². The number of anilines is 1. The Morgan fingerprint density at radius 3 is 2.66 bits per heavy atom. The molecule has 0 saturated heterocycles. The van der Waals surface area contributed by atoms with Crippen LogP contribution in [-0.4, -0.2) is 27.9 Å². The molecule has 1 aromatic heterocycles. The molecule has 4 rings (SSSR count). The zero-order valence-electron chi connectivity index (χ0n) is 16.1. The van der Waals surface area contributed by atoms with Gasteiger partial charge in [-0.2, -0.15) is 0 Å². The Hall–Kier alpha value is -2.72. The standard InChI is InChI=1S/C21H21ClFN3O3/c1-3-7-16-20(27)24(8-4-2)15-11-13(14(23)12-17(15)29-16)18-19(22)25-9-5-6-10-26(25)21(18)28/h2,11-12,16H,3,5-10H2,1H3. The smallest absolute Gasteiger partial charge is 0.276 e. The minimum atomic E-state index is -0.706. The monoisotopic (exact) mass is 417 g/mol. The van der Waals surface area contributed by atoms with Crippen molar-refractivity contribution in [3.63, 3.8) is 0 Å². The van der Waals surface area contributed by atoms with Crippen LogP contribution in [0.1, 0.15) is 32.6 Å². The summed E-state index contributed by atoms with van der Waals surface area (Å²) in [5.41, 5.74) is 0.142. The summed E-state index contributed by atoms with van der Waals surface area (Å²) in [4.78, 5) is 27.1. The van der Waals surface area contributed by atoms with Gasteiger partial charge in [-0.05, 0) is 25.3 Å². The highest BCUT2D eigenvalue weighted by Gasteiger charge is 2.35. The van der Waals surface area contributed by atoms with Gasteiger partial charge in [-0.3, -0.25) is 19.2 Å². The van der Waals surface area contributed by atoms with Crippen molar-refractivity contribution in [1.29, 1.82) is 0 Å². The van der Waals surface area contributed by atoms with Crippen LogP contribution >= 0.6 is 11.6 Å². The van der Waals surface area contributed by atoms with E-state index in [0.717, 1.165) is 19.3 Å². The molecule has 1 amide bonds. The number of halogens is 2. The van der Waals surface area contributed by atoms with Gasteiger partial charge in [0.05, 0.1) is 17.8 Å². The summed E-state index contributed by atoms with van der Waals surface area (Å²) in [6, 6.07) is 2.65. The maximum Gasteiger partial charge on any atom is 0.276 e. The van der Waals surface area contributed by atoms with E-state index in [1.807, 2.05) is 6.92 Å². The lowest BCUT2D eigenvalue weighted by atomic mass is 10.0. The summed E-state index contributed by atoms with van der Waals surface area (Å²) in [6.45, 7) is 3.10. The van der Waals surface area contributed by atoms with Crippen molar-refractivity contribution in [2.75, 3.05) is 11.4 Å². The zero-order chi connectivity index (χ0) is 20.7. The maximum absolute atomic E-state index is 15.1. The predicted octanol–water partition coefficient (Wildman–Crippen LogP) is 3.43. The molecule has 29 heavy (non-hydrogen) atoms. The quantitative estimate of drug-likeness (QED) is 0.716. The van der Waals surface area contributed by atoms with Crippen LogP contribution in [0, 0.1) is 18.2 Å². The number of nitrogens with zero attached hydrogens (tertiary/aromatic N) is 3. The van der Waals surface area contributed by atoms with Crippen molar-refractivity contribution < 1.29 is 13.9 Å². The first-order valence-corrected chi connectivity index (χ1v) is 10.1. The van der Waals surface area contributed by atoms with Gasteiger partial charge in [0, 0.05) is 24.7 Å². The lowest BCUT2D eigenvalue weighted by Crippen LogP contribution is -2.46. The lowest BCUT2D eigenvalue weighted by molar-refractivity contribution is -0.126. The van der Waals surface area contributed by atoms with Gasteiger partial charge in [-0.25, -0.2) is 9.07 Å². The van der Waals surface area contributed by atoms with Crippen molar-refractivity contribution in [3.05, 3.63) is 33.5 Å². The first-order valence-electron chi connectivity index (χ1n) is 9.72. The molecule has 3 heterocycles. The third-order valence-electron chi connectivity index (χ3n) is 5.38. The van der Waals surface area contributed by atoms with Gasteiger partial charge in [0.25, 0.3) is 11.5 Å². The molecule has 2 aliphatic heterocycles. The van der Waals surface area contributed by atoms with Crippen LogP contribution in [0.15, 0.2) is 16.9 Å². The maximum atomic E-state index is 15.1. The van der Waals surface area contributed by atoms with Gasteiger partial charge in [0.1, 0.15) is 16.7 Å². The highest BCUT2D eigenvalue weighted by atomic mass is 35.5. The molecule has 0 aliphatic carbocycles. The average molecular weight is 418 g/mol. The highest BCUT2D eigenvalue weighted by molar-refractivity contribution is 6.32. The molecule has 8 heteroatoms. The number of carbonyl (C=O) groups excluding carboxylic acids is 1. The SMILES string of the molecule is C#CCN1C(=O)C(CCC)Oc2cc(F)c(-c3c(Cl)n4n(c3=O)CCCC4)cc21. The fourth-order valence-electron chi connectivity index (χ4n) is 3.99. The van der Waals surface area contributed by atoms with E-state index in [-0.39, 0.29) is 40.0 Å². The van der Waals surface area contributed by atoms with Gasteiger partial charge in [0.2, 0.25) is 0 Å². The molecule has 6 nitrogen and oxygen atoms in total. The van der Waals surface area contributed by atoms with Crippen molar-refractivity contribution in [2.45, 2.75) is 51.8 Å². The normalized spacial score (nSPS) is 18.1. The molecule has 152 valence electrons. The number of ether oxygens (including phenoxy) is 1. The molecule has 1 unspecified atom stereocenters.